The number of piperazine rings is 1. The van der Waals surface area contributed by atoms with Crippen LogP contribution >= 0.6 is 12.6 Å². The zero-order valence-corrected chi connectivity index (χ0v) is 16.9. The zero-order chi connectivity index (χ0) is 21.7. The summed E-state index contributed by atoms with van der Waals surface area (Å²) < 4.78 is 29.8. The van der Waals surface area contributed by atoms with E-state index in [1.165, 1.54) is 6.20 Å². The minimum Gasteiger partial charge on any atom is -0.396 e. The van der Waals surface area contributed by atoms with Gasteiger partial charge in [-0.15, -0.1) is 0 Å². The van der Waals surface area contributed by atoms with Crippen LogP contribution in [-0.2, 0) is 4.79 Å². The number of halogens is 2. The summed E-state index contributed by atoms with van der Waals surface area (Å²) in [5.74, 6) is -1.66. The number of hydrogen-bond acceptors (Lipinski definition) is 6. The first kappa shape index (κ1) is 22.0. The molecule has 2 aromatic rings. The minimum absolute atomic E-state index is 0.0581. The summed E-state index contributed by atoms with van der Waals surface area (Å²) >= 11 is 3.67. The monoisotopic (exact) mass is 440 g/mol. The number of H-pyrrole nitrogens is 1. The van der Waals surface area contributed by atoms with E-state index in [1.54, 1.807) is 9.80 Å². The van der Waals surface area contributed by atoms with Crippen molar-refractivity contribution in [2.45, 2.75) is 18.9 Å². The maximum atomic E-state index is 14.9. The Morgan fingerprint density at radius 1 is 1.23 bits per heavy atom. The van der Waals surface area contributed by atoms with Gasteiger partial charge in [-0.1, -0.05) is 12.6 Å². The van der Waals surface area contributed by atoms with Crippen molar-refractivity contribution in [3.63, 3.8) is 0 Å². The Labute approximate surface area is 176 Å². The third-order valence-electron chi connectivity index (χ3n) is 4.87. The number of aromatic amines is 1. The van der Waals surface area contributed by atoms with Crippen LogP contribution in [0.3, 0.4) is 0 Å². The van der Waals surface area contributed by atoms with Crippen LogP contribution in [0, 0.1) is 11.6 Å². The van der Waals surface area contributed by atoms with Gasteiger partial charge in [-0.3, -0.25) is 9.59 Å². The number of aliphatic hydroxyl groups excluding tert-OH is 1. The summed E-state index contributed by atoms with van der Waals surface area (Å²) in [4.78, 5) is 26.6. The molecule has 9 nitrogen and oxygen atoms in total. The molecule has 2 heterocycles. The van der Waals surface area contributed by atoms with Crippen molar-refractivity contribution in [2.75, 3.05) is 37.7 Å². The van der Waals surface area contributed by atoms with E-state index in [2.05, 4.69) is 33.4 Å². The van der Waals surface area contributed by atoms with Gasteiger partial charge in [-0.2, -0.15) is 15.4 Å². The lowest BCUT2D eigenvalue weighted by atomic mass is 10.0. The van der Waals surface area contributed by atoms with E-state index in [-0.39, 0.29) is 49.0 Å². The summed E-state index contributed by atoms with van der Waals surface area (Å²) in [5, 5.41) is 20.6. The van der Waals surface area contributed by atoms with Crippen molar-refractivity contribution >= 4 is 29.5 Å². The Balaban J connectivity index is 1.77. The second-order valence-electron chi connectivity index (χ2n) is 6.81. The number of nitrogens with zero attached hydrogens (tertiary/aromatic N) is 4. The van der Waals surface area contributed by atoms with Crippen LogP contribution in [0.1, 0.15) is 30.1 Å². The topological polar surface area (TPSA) is 114 Å². The highest BCUT2D eigenvalue weighted by atomic mass is 32.1. The second-order valence-corrected chi connectivity index (χ2v) is 7.21. The molecule has 1 aliphatic heterocycles. The molecule has 0 bridgehead atoms. The number of benzene rings is 1. The third-order valence-corrected chi connectivity index (χ3v) is 5.00. The number of hydrogen-bond donors (Lipinski definition) is 4. The molecule has 1 unspecified atom stereocenters. The largest absolute Gasteiger partial charge is 0.396 e. The van der Waals surface area contributed by atoms with Gasteiger partial charge in [0, 0.05) is 39.2 Å². The van der Waals surface area contributed by atoms with Crippen LogP contribution in [0.5, 0.6) is 0 Å². The molecule has 3 rings (SSSR count). The molecule has 0 aliphatic carbocycles. The van der Waals surface area contributed by atoms with Gasteiger partial charge in [0.15, 0.2) is 0 Å². The fourth-order valence-electron chi connectivity index (χ4n) is 3.42. The molecule has 1 aromatic heterocycles. The summed E-state index contributed by atoms with van der Waals surface area (Å²) in [6.07, 6.45) is 1.97. The number of carbonyl (C=O) groups is 2. The number of aliphatic hydroxyl groups is 1. The standard InChI is InChI=1S/C18H22F2N6O3S/c19-12-8-11(16(22-18(29)30)14-10-21-24-23-14)9-13(20)17(12)26-5-3-25(4-6-26)15(28)2-1-7-27/h8-10,16,27H,1-7H2,(H,21,23,24)(H2,22,29,30). The molecule has 0 saturated carbocycles. The summed E-state index contributed by atoms with van der Waals surface area (Å²) in [6, 6.07) is 1.35. The summed E-state index contributed by atoms with van der Waals surface area (Å²) in [5.41, 5.74) is 0.249. The molecule has 1 aromatic carbocycles. The fourth-order valence-corrected chi connectivity index (χ4v) is 3.55. The molecule has 30 heavy (non-hydrogen) atoms. The molecule has 1 aliphatic rings. The predicted octanol–water partition coefficient (Wildman–Crippen LogP) is 1.23. The molecule has 12 heteroatoms. The summed E-state index contributed by atoms with van der Waals surface area (Å²) in [6.45, 7) is 1.16. The highest BCUT2D eigenvalue weighted by molar-refractivity contribution is 7.96. The minimum atomic E-state index is -0.923. The Bertz CT molecular complexity index is 867. The first-order valence-electron chi connectivity index (χ1n) is 9.38. The third kappa shape index (κ3) is 5.05. The van der Waals surface area contributed by atoms with E-state index in [0.29, 0.717) is 19.5 Å². The quantitative estimate of drug-likeness (QED) is 0.482. The van der Waals surface area contributed by atoms with Crippen LogP contribution in [0.15, 0.2) is 18.3 Å². The molecule has 1 fully saturated rings. The van der Waals surface area contributed by atoms with Crippen LogP contribution in [-0.4, -0.2) is 69.3 Å². The van der Waals surface area contributed by atoms with Gasteiger partial charge < -0.3 is 20.2 Å². The Morgan fingerprint density at radius 3 is 2.43 bits per heavy atom. The van der Waals surface area contributed by atoms with Gasteiger partial charge in [0.05, 0.1) is 6.20 Å². The number of carbonyl (C=O) groups excluding carboxylic acids is 2. The van der Waals surface area contributed by atoms with Crippen molar-refractivity contribution in [1.29, 1.82) is 0 Å². The maximum Gasteiger partial charge on any atom is 0.276 e. The van der Waals surface area contributed by atoms with Gasteiger partial charge in [0.2, 0.25) is 5.91 Å². The van der Waals surface area contributed by atoms with E-state index >= 15 is 0 Å². The van der Waals surface area contributed by atoms with Crippen molar-refractivity contribution < 1.29 is 23.5 Å². The van der Waals surface area contributed by atoms with Gasteiger partial charge in [-0.25, -0.2) is 8.78 Å². The van der Waals surface area contributed by atoms with Gasteiger partial charge in [0.25, 0.3) is 5.24 Å². The van der Waals surface area contributed by atoms with Crippen LogP contribution < -0.4 is 10.2 Å². The lowest BCUT2D eigenvalue weighted by molar-refractivity contribution is -0.131. The van der Waals surface area contributed by atoms with Gasteiger partial charge in [-0.05, 0) is 24.1 Å². The molecule has 3 N–H and O–H groups in total. The van der Waals surface area contributed by atoms with Crippen LogP contribution in [0.2, 0.25) is 0 Å². The van der Waals surface area contributed by atoms with E-state index in [1.807, 2.05) is 0 Å². The Hall–Kier alpha value is -2.73. The number of nitrogens with one attached hydrogen (secondary N) is 2. The van der Waals surface area contributed by atoms with Gasteiger partial charge >= 0.3 is 0 Å². The highest BCUT2D eigenvalue weighted by Gasteiger charge is 2.27. The molecule has 1 atom stereocenters. The van der Waals surface area contributed by atoms with E-state index in [9.17, 15) is 18.4 Å². The molecule has 0 radical (unpaired) electrons. The van der Waals surface area contributed by atoms with Crippen LogP contribution in [0.4, 0.5) is 19.3 Å². The Kier molecular flexibility index (Phi) is 7.21. The predicted molar refractivity (Wildman–Crippen MR) is 107 cm³/mol. The number of rotatable bonds is 7. The fraction of sp³-hybridized carbons (Fsp3) is 0.444. The maximum absolute atomic E-state index is 14.9. The van der Waals surface area contributed by atoms with Crippen molar-refractivity contribution in [3.05, 3.63) is 41.2 Å². The summed E-state index contributed by atoms with van der Waals surface area (Å²) in [7, 11) is 0. The zero-order valence-electron chi connectivity index (χ0n) is 16.0. The van der Waals surface area contributed by atoms with E-state index in [0.717, 1.165) is 12.1 Å². The molecular weight excluding hydrogens is 418 g/mol. The molecule has 1 saturated heterocycles. The normalized spacial score (nSPS) is 15.2. The highest BCUT2D eigenvalue weighted by Crippen LogP contribution is 2.30. The number of thiol groups is 1. The average molecular weight is 440 g/mol. The first-order valence-corrected chi connectivity index (χ1v) is 9.83. The van der Waals surface area contributed by atoms with Crippen molar-refractivity contribution in [3.8, 4) is 0 Å². The number of anilines is 1. The SMILES string of the molecule is O=C(S)NC(c1cc(F)c(N2CCN(C(=O)CCCO)CC2)c(F)c1)c1cn[nH]n1. The molecular formula is C18H22F2N6O3S. The lowest BCUT2D eigenvalue weighted by Gasteiger charge is -2.36. The second kappa shape index (κ2) is 9.85. The number of amides is 2. The van der Waals surface area contributed by atoms with Crippen molar-refractivity contribution in [2.24, 2.45) is 0 Å². The Morgan fingerprint density at radius 2 is 1.90 bits per heavy atom. The van der Waals surface area contributed by atoms with Crippen molar-refractivity contribution in [1.82, 2.24) is 25.6 Å². The smallest absolute Gasteiger partial charge is 0.276 e. The first-order chi connectivity index (χ1) is 14.4. The van der Waals surface area contributed by atoms with Gasteiger partial charge in [0.1, 0.15) is 29.1 Å². The van der Waals surface area contributed by atoms with Crippen LogP contribution in [0.25, 0.3) is 0 Å². The molecule has 2 amide bonds. The lowest BCUT2D eigenvalue weighted by Crippen LogP contribution is -2.49. The average Bonchev–Trinajstić information content (AvgIpc) is 3.24. The molecule has 0 spiro atoms. The van der Waals surface area contributed by atoms with E-state index < -0.39 is 22.9 Å². The van der Waals surface area contributed by atoms with E-state index in [4.69, 9.17) is 5.11 Å². The molecule has 162 valence electrons. The number of aromatic nitrogens is 3.